The van der Waals surface area contributed by atoms with Gasteiger partial charge >= 0.3 is 0 Å². The number of halogens is 1. The third-order valence-electron chi connectivity index (χ3n) is 3.62. The van der Waals surface area contributed by atoms with Crippen LogP contribution in [-0.2, 0) is 0 Å². The molecule has 0 aliphatic carbocycles. The van der Waals surface area contributed by atoms with Gasteiger partial charge in [-0.1, -0.05) is 23.7 Å². The number of Topliss-reactive ketones (excluding diaryl/α,β-unsaturated/α-hetero) is 1. The number of β-amino-alcohol motifs (C(OH)–C–C–N with tert-alkyl or cyclic N) is 1. The summed E-state index contributed by atoms with van der Waals surface area (Å²) >= 11 is 6.06. The van der Waals surface area contributed by atoms with Gasteiger partial charge in [0.15, 0.2) is 5.78 Å². The maximum absolute atomic E-state index is 12.3. The molecule has 1 aromatic carbocycles. The van der Waals surface area contributed by atoms with E-state index >= 15 is 0 Å². The summed E-state index contributed by atoms with van der Waals surface area (Å²) in [6, 6.07) is 7.18. The van der Waals surface area contributed by atoms with Crippen molar-refractivity contribution in [2.45, 2.75) is 19.4 Å². The first kappa shape index (κ1) is 16.4. The highest BCUT2D eigenvalue weighted by molar-refractivity contribution is 6.34. The summed E-state index contributed by atoms with van der Waals surface area (Å²) < 4.78 is 0. The molecule has 0 spiro atoms. The smallest absolute Gasteiger partial charge is 0.178 e. The largest absolute Gasteiger partial charge is 0.389 e. The molecule has 0 unspecified atom stereocenters. The highest BCUT2D eigenvalue weighted by Gasteiger charge is 2.24. The maximum atomic E-state index is 12.3. The summed E-state index contributed by atoms with van der Waals surface area (Å²) in [6.45, 7) is 8.14. The first-order valence-electron chi connectivity index (χ1n) is 7.30. The molecule has 0 aromatic heterocycles. The van der Waals surface area contributed by atoms with E-state index in [9.17, 15) is 9.90 Å². The van der Waals surface area contributed by atoms with Crippen LogP contribution in [0.15, 0.2) is 24.3 Å². The number of ketones is 1. The Balaban J connectivity index is 1.84. The molecule has 1 aliphatic heterocycles. The molecule has 116 valence electrons. The summed E-state index contributed by atoms with van der Waals surface area (Å²) in [4.78, 5) is 16.6. The number of hydrogen-bond acceptors (Lipinski definition) is 4. The Morgan fingerprint density at radius 2 is 1.76 bits per heavy atom. The summed E-state index contributed by atoms with van der Waals surface area (Å²) in [7, 11) is 0. The Bertz CT molecular complexity index is 491. The molecule has 5 heteroatoms. The number of carbonyl (C=O) groups is 1. The van der Waals surface area contributed by atoms with E-state index in [0.29, 0.717) is 23.7 Å². The first-order chi connectivity index (χ1) is 9.85. The standard InChI is InChI=1S/C16H23ClN2O2/c1-16(2,21)12-19-9-7-18(8-10-19)11-15(20)13-5-3-4-6-14(13)17/h3-6,21H,7-12H2,1-2H3. The summed E-state index contributed by atoms with van der Waals surface area (Å²) in [6.07, 6.45) is 0. The number of carbonyl (C=O) groups excluding carboxylic acids is 1. The molecule has 4 nitrogen and oxygen atoms in total. The van der Waals surface area contributed by atoms with Gasteiger partial charge in [0.25, 0.3) is 0 Å². The zero-order chi connectivity index (χ0) is 15.5. The van der Waals surface area contributed by atoms with Crippen molar-refractivity contribution >= 4 is 17.4 Å². The van der Waals surface area contributed by atoms with Crippen LogP contribution in [0.2, 0.25) is 5.02 Å². The highest BCUT2D eigenvalue weighted by Crippen LogP contribution is 2.16. The summed E-state index contributed by atoms with van der Waals surface area (Å²) in [5, 5.41) is 10.4. The third kappa shape index (κ3) is 5.08. The topological polar surface area (TPSA) is 43.8 Å². The highest BCUT2D eigenvalue weighted by atomic mass is 35.5. The van der Waals surface area contributed by atoms with E-state index in [1.807, 2.05) is 26.0 Å². The van der Waals surface area contributed by atoms with Crippen LogP contribution in [-0.4, -0.2) is 65.6 Å². The second kappa shape index (κ2) is 6.88. The Kier molecular flexibility index (Phi) is 5.38. The lowest BCUT2D eigenvalue weighted by atomic mass is 10.1. The van der Waals surface area contributed by atoms with Gasteiger partial charge in [-0.15, -0.1) is 0 Å². The number of nitrogens with zero attached hydrogens (tertiary/aromatic N) is 2. The van der Waals surface area contributed by atoms with Crippen LogP contribution in [0.5, 0.6) is 0 Å². The number of benzene rings is 1. The van der Waals surface area contributed by atoms with Gasteiger partial charge in [0.2, 0.25) is 0 Å². The Hall–Kier alpha value is -0.940. The fourth-order valence-electron chi connectivity index (χ4n) is 2.63. The minimum absolute atomic E-state index is 0.0662. The minimum atomic E-state index is -0.671. The molecule has 2 rings (SSSR count). The van der Waals surface area contributed by atoms with Crippen molar-refractivity contribution in [3.63, 3.8) is 0 Å². The number of piperazine rings is 1. The van der Waals surface area contributed by atoms with Gasteiger partial charge in [0, 0.05) is 38.3 Å². The van der Waals surface area contributed by atoms with E-state index in [0.717, 1.165) is 26.2 Å². The molecule has 0 amide bonds. The molecule has 1 saturated heterocycles. The van der Waals surface area contributed by atoms with Crippen molar-refractivity contribution in [1.82, 2.24) is 9.80 Å². The summed E-state index contributed by atoms with van der Waals surface area (Å²) in [5.74, 6) is 0.0662. The van der Waals surface area contributed by atoms with Crippen LogP contribution < -0.4 is 0 Å². The van der Waals surface area contributed by atoms with Gasteiger partial charge in [-0.25, -0.2) is 0 Å². The average Bonchev–Trinajstić information content (AvgIpc) is 2.40. The van der Waals surface area contributed by atoms with Gasteiger partial charge in [-0.3, -0.25) is 14.6 Å². The predicted molar refractivity (Wildman–Crippen MR) is 85.0 cm³/mol. The van der Waals surface area contributed by atoms with E-state index in [-0.39, 0.29) is 5.78 Å². The summed E-state index contributed by atoms with van der Waals surface area (Å²) in [5.41, 5.74) is -0.0756. The van der Waals surface area contributed by atoms with E-state index in [1.54, 1.807) is 12.1 Å². The Labute approximate surface area is 131 Å². The minimum Gasteiger partial charge on any atom is -0.389 e. The zero-order valence-corrected chi connectivity index (χ0v) is 13.4. The van der Waals surface area contributed by atoms with Crippen LogP contribution in [0.3, 0.4) is 0 Å². The lowest BCUT2D eigenvalue weighted by Gasteiger charge is -2.37. The van der Waals surface area contributed by atoms with Crippen molar-refractivity contribution in [3.8, 4) is 0 Å². The second-order valence-corrected chi connectivity index (χ2v) is 6.67. The van der Waals surface area contributed by atoms with Crippen LogP contribution in [0.1, 0.15) is 24.2 Å². The first-order valence-corrected chi connectivity index (χ1v) is 7.68. The Morgan fingerprint density at radius 3 is 2.33 bits per heavy atom. The number of aliphatic hydroxyl groups is 1. The number of rotatable bonds is 5. The second-order valence-electron chi connectivity index (χ2n) is 6.27. The van der Waals surface area contributed by atoms with Crippen molar-refractivity contribution in [2.75, 3.05) is 39.3 Å². The van der Waals surface area contributed by atoms with E-state index in [1.165, 1.54) is 0 Å². The molecule has 1 heterocycles. The quantitative estimate of drug-likeness (QED) is 0.844. The van der Waals surface area contributed by atoms with Gasteiger partial charge in [-0.2, -0.15) is 0 Å². The average molecular weight is 311 g/mol. The molecular formula is C16H23ClN2O2. The van der Waals surface area contributed by atoms with Crippen LogP contribution >= 0.6 is 11.6 Å². The lowest BCUT2D eigenvalue weighted by Crippen LogP contribution is -2.51. The van der Waals surface area contributed by atoms with Gasteiger partial charge < -0.3 is 5.11 Å². The lowest BCUT2D eigenvalue weighted by molar-refractivity contribution is 0.0179. The van der Waals surface area contributed by atoms with Crippen LogP contribution in [0, 0.1) is 0 Å². The Morgan fingerprint density at radius 1 is 1.19 bits per heavy atom. The SMILES string of the molecule is CC(C)(O)CN1CCN(CC(=O)c2ccccc2Cl)CC1. The molecule has 0 radical (unpaired) electrons. The van der Waals surface area contributed by atoms with Crippen molar-refractivity contribution in [2.24, 2.45) is 0 Å². The molecule has 1 aliphatic rings. The normalized spacial score (nSPS) is 17.9. The van der Waals surface area contributed by atoms with Crippen molar-refractivity contribution < 1.29 is 9.90 Å². The molecule has 1 fully saturated rings. The molecule has 0 bridgehead atoms. The third-order valence-corrected chi connectivity index (χ3v) is 3.95. The molecule has 1 aromatic rings. The predicted octanol–water partition coefficient (Wildman–Crippen LogP) is 1.91. The van der Waals surface area contributed by atoms with E-state index in [2.05, 4.69) is 9.80 Å². The molecule has 1 N–H and O–H groups in total. The van der Waals surface area contributed by atoms with Crippen molar-refractivity contribution in [1.29, 1.82) is 0 Å². The molecule has 0 atom stereocenters. The van der Waals surface area contributed by atoms with Crippen LogP contribution in [0.25, 0.3) is 0 Å². The fourth-order valence-corrected chi connectivity index (χ4v) is 2.87. The molecular weight excluding hydrogens is 288 g/mol. The molecule has 21 heavy (non-hydrogen) atoms. The van der Waals surface area contributed by atoms with E-state index < -0.39 is 5.60 Å². The van der Waals surface area contributed by atoms with Crippen molar-refractivity contribution in [3.05, 3.63) is 34.9 Å². The van der Waals surface area contributed by atoms with Gasteiger partial charge in [-0.05, 0) is 26.0 Å². The number of hydrogen-bond donors (Lipinski definition) is 1. The fraction of sp³-hybridized carbons (Fsp3) is 0.562. The molecule has 0 saturated carbocycles. The zero-order valence-electron chi connectivity index (χ0n) is 12.7. The van der Waals surface area contributed by atoms with Gasteiger partial charge in [0.05, 0.1) is 17.2 Å². The van der Waals surface area contributed by atoms with Gasteiger partial charge in [0.1, 0.15) is 0 Å². The van der Waals surface area contributed by atoms with E-state index in [4.69, 9.17) is 11.6 Å². The maximum Gasteiger partial charge on any atom is 0.178 e. The van der Waals surface area contributed by atoms with Crippen LogP contribution in [0.4, 0.5) is 0 Å². The monoisotopic (exact) mass is 310 g/mol.